The molecule has 1 aromatic heterocycles. The molecule has 2 rings (SSSR count). The number of amidine groups is 1. The van der Waals surface area contributed by atoms with E-state index in [1.54, 1.807) is 11.3 Å². The maximum Gasteiger partial charge on any atom is 0.102 e. The van der Waals surface area contributed by atoms with E-state index in [4.69, 9.17) is 0 Å². The maximum absolute atomic E-state index is 4.38. The molecule has 3 nitrogen and oxygen atoms in total. The van der Waals surface area contributed by atoms with Crippen LogP contribution in [0.4, 0.5) is 0 Å². The first-order valence-electron chi connectivity index (χ1n) is 6.68. The second-order valence-corrected chi connectivity index (χ2v) is 6.30. The lowest BCUT2D eigenvalue weighted by molar-refractivity contribution is 0.254. The van der Waals surface area contributed by atoms with Gasteiger partial charge in [-0.3, -0.25) is 10.3 Å². The van der Waals surface area contributed by atoms with Gasteiger partial charge in [-0.25, -0.2) is 0 Å². The van der Waals surface area contributed by atoms with Crippen LogP contribution in [0.15, 0.2) is 22.5 Å². The molecule has 0 aliphatic carbocycles. The number of thiophene rings is 1. The highest BCUT2D eigenvalue weighted by Gasteiger charge is 2.23. The van der Waals surface area contributed by atoms with Gasteiger partial charge in [0.1, 0.15) is 5.84 Å². The Morgan fingerprint density at radius 2 is 2.33 bits per heavy atom. The Balaban J connectivity index is 1.90. The van der Waals surface area contributed by atoms with E-state index >= 15 is 0 Å². The lowest BCUT2D eigenvalue weighted by atomic mass is 9.93. The molecule has 0 spiro atoms. The van der Waals surface area contributed by atoms with Crippen LogP contribution in [0.1, 0.15) is 31.6 Å². The third-order valence-electron chi connectivity index (χ3n) is 3.41. The second-order valence-electron chi connectivity index (χ2n) is 5.27. The molecule has 1 aromatic rings. The first-order chi connectivity index (χ1) is 8.67. The van der Waals surface area contributed by atoms with Gasteiger partial charge in [0.05, 0.1) is 6.17 Å². The molecule has 1 saturated heterocycles. The number of nitrogens with one attached hydrogen (secondary N) is 2. The molecule has 1 aliphatic rings. The minimum absolute atomic E-state index is 0.363. The molecule has 0 radical (unpaired) electrons. The van der Waals surface area contributed by atoms with E-state index < -0.39 is 0 Å². The van der Waals surface area contributed by atoms with E-state index in [1.165, 1.54) is 17.7 Å². The minimum Gasteiger partial charge on any atom is -0.358 e. The smallest absolute Gasteiger partial charge is 0.102 e. The molecular formula is C14H23N3S. The SMILES string of the molecule is CN=C(Cc1cccs1)NC1CC(C)CC(C)N1. The molecule has 2 N–H and O–H groups in total. The highest BCUT2D eigenvalue weighted by atomic mass is 32.1. The molecule has 2 heterocycles. The molecule has 1 fully saturated rings. The van der Waals surface area contributed by atoms with Crippen LogP contribution in [0.2, 0.25) is 0 Å². The van der Waals surface area contributed by atoms with Gasteiger partial charge in [0.15, 0.2) is 0 Å². The Morgan fingerprint density at radius 3 is 2.94 bits per heavy atom. The molecule has 0 bridgehead atoms. The Labute approximate surface area is 114 Å². The standard InChI is InChI=1S/C14H23N3S/c1-10-7-11(2)16-14(8-10)17-13(15-3)9-12-5-4-6-18-12/h4-6,10-11,14,16H,7-9H2,1-3H3,(H,15,17). The zero-order valence-electron chi connectivity index (χ0n) is 11.4. The molecule has 0 aromatic carbocycles. The average Bonchev–Trinajstić information content (AvgIpc) is 2.79. The van der Waals surface area contributed by atoms with Crippen molar-refractivity contribution in [1.29, 1.82) is 0 Å². The molecule has 3 unspecified atom stereocenters. The van der Waals surface area contributed by atoms with Crippen LogP contribution >= 0.6 is 11.3 Å². The number of rotatable bonds is 3. The van der Waals surface area contributed by atoms with Crippen molar-refractivity contribution < 1.29 is 0 Å². The first-order valence-corrected chi connectivity index (χ1v) is 7.56. The summed E-state index contributed by atoms with van der Waals surface area (Å²) in [4.78, 5) is 5.74. The van der Waals surface area contributed by atoms with Gasteiger partial charge in [-0.2, -0.15) is 0 Å². The van der Waals surface area contributed by atoms with E-state index in [0.717, 1.165) is 18.2 Å². The van der Waals surface area contributed by atoms with Gasteiger partial charge < -0.3 is 5.32 Å². The van der Waals surface area contributed by atoms with Crippen LogP contribution in [0, 0.1) is 5.92 Å². The summed E-state index contributed by atoms with van der Waals surface area (Å²) in [5.74, 6) is 1.86. The van der Waals surface area contributed by atoms with Gasteiger partial charge >= 0.3 is 0 Å². The summed E-state index contributed by atoms with van der Waals surface area (Å²) in [5, 5.41) is 9.27. The van der Waals surface area contributed by atoms with E-state index in [2.05, 4.69) is 47.0 Å². The van der Waals surface area contributed by atoms with Crippen LogP contribution in [-0.2, 0) is 6.42 Å². The molecule has 4 heteroatoms. The lowest BCUT2D eigenvalue weighted by Gasteiger charge is -2.34. The van der Waals surface area contributed by atoms with Crippen LogP contribution in [0.25, 0.3) is 0 Å². The van der Waals surface area contributed by atoms with Crippen LogP contribution < -0.4 is 10.6 Å². The van der Waals surface area contributed by atoms with Gasteiger partial charge in [-0.1, -0.05) is 13.0 Å². The predicted octanol–water partition coefficient (Wildman–Crippen LogP) is 2.64. The Morgan fingerprint density at radius 1 is 1.50 bits per heavy atom. The number of hydrogen-bond acceptors (Lipinski definition) is 3. The van der Waals surface area contributed by atoms with Crippen molar-refractivity contribution in [1.82, 2.24) is 10.6 Å². The topological polar surface area (TPSA) is 36.4 Å². The van der Waals surface area contributed by atoms with Crippen molar-refractivity contribution in [2.45, 2.75) is 45.3 Å². The van der Waals surface area contributed by atoms with Crippen molar-refractivity contribution in [3.63, 3.8) is 0 Å². The van der Waals surface area contributed by atoms with E-state index in [9.17, 15) is 0 Å². The molecule has 18 heavy (non-hydrogen) atoms. The number of aliphatic imine (C=N–C) groups is 1. The molecule has 3 atom stereocenters. The fraction of sp³-hybridized carbons (Fsp3) is 0.643. The summed E-state index contributed by atoms with van der Waals surface area (Å²) in [6.45, 7) is 4.58. The molecular weight excluding hydrogens is 242 g/mol. The second kappa shape index (κ2) is 6.34. The fourth-order valence-corrected chi connectivity index (χ4v) is 3.37. The lowest BCUT2D eigenvalue weighted by Crippen LogP contribution is -2.53. The Hall–Kier alpha value is -0.870. The highest BCUT2D eigenvalue weighted by molar-refractivity contribution is 7.10. The first kappa shape index (κ1) is 13.6. The van der Waals surface area contributed by atoms with Gasteiger partial charge in [-0.05, 0) is 37.1 Å². The molecule has 1 aliphatic heterocycles. The van der Waals surface area contributed by atoms with Crippen molar-refractivity contribution in [2.75, 3.05) is 7.05 Å². The number of piperidine rings is 1. The maximum atomic E-state index is 4.38. The van der Waals surface area contributed by atoms with E-state index in [0.29, 0.717) is 12.2 Å². The summed E-state index contributed by atoms with van der Waals surface area (Å²) >= 11 is 1.79. The fourth-order valence-electron chi connectivity index (χ4n) is 2.66. The summed E-state index contributed by atoms with van der Waals surface area (Å²) in [5.41, 5.74) is 0. The molecule has 100 valence electrons. The highest BCUT2D eigenvalue weighted by Crippen LogP contribution is 2.18. The van der Waals surface area contributed by atoms with Crippen LogP contribution in [0.3, 0.4) is 0 Å². The van der Waals surface area contributed by atoms with Crippen molar-refractivity contribution in [3.05, 3.63) is 22.4 Å². The number of nitrogens with zero attached hydrogens (tertiary/aromatic N) is 1. The summed E-state index contributed by atoms with van der Waals surface area (Å²) < 4.78 is 0. The van der Waals surface area contributed by atoms with Crippen molar-refractivity contribution in [2.24, 2.45) is 10.9 Å². The largest absolute Gasteiger partial charge is 0.358 e. The van der Waals surface area contributed by atoms with E-state index in [-0.39, 0.29) is 0 Å². The third-order valence-corrected chi connectivity index (χ3v) is 4.29. The molecule has 0 amide bonds. The van der Waals surface area contributed by atoms with Gasteiger partial charge in [0, 0.05) is 24.4 Å². The van der Waals surface area contributed by atoms with Crippen molar-refractivity contribution >= 4 is 17.2 Å². The zero-order chi connectivity index (χ0) is 13.0. The normalized spacial score (nSPS) is 29.3. The van der Waals surface area contributed by atoms with Gasteiger partial charge in [0.2, 0.25) is 0 Å². The van der Waals surface area contributed by atoms with Gasteiger partial charge in [0.25, 0.3) is 0 Å². The Kier molecular flexibility index (Phi) is 4.78. The predicted molar refractivity (Wildman–Crippen MR) is 79.3 cm³/mol. The van der Waals surface area contributed by atoms with Gasteiger partial charge in [-0.15, -0.1) is 11.3 Å². The Bertz CT molecular complexity index is 376. The average molecular weight is 265 g/mol. The quantitative estimate of drug-likeness (QED) is 0.651. The number of hydrogen-bond donors (Lipinski definition) is 2. The summed E-state index contributed by atoms with van der Waals surface area (Å²) in [7, 11) is 1.87. The molecule has 0 saturated carbocycles. The third kappa shape index (κ3) is 3.82. The summed E-state index contributed by atoms with van der Waals surface area (Å²) in [6, 6.07) is 4.85. The van der Waals surface area contributed by atoms with Crippen molar-refractivity contribution in [3.8, 4) is 0 Å². The van der Waals surface area contributed by atoms with E-state index in [1.807, 2.05) is 7.05 Å². The minimum atomic E-state index is 0.363. The van der Waals surface area contributed by atoms with Crippen LogP contribution in [-0.4, -0.2) is 25.1 Å². The summed E-state index contributed by atoms with van der Waals surface area (Å²) in [6.07, 6.45) is 3.72. The zero-order valence-corrected chi connectivity index (χ0v) is 12.3. The van der Waals surface area contributed by atoms with Crippen LogP contribution in [0.5, 0.6) is 0 Å². The monoisotopic (exact) mass is 265 g/mol.